The lowest BCUT2D eigenvalue weighted by atomic mass is 9.84. The van der Waals surface area contributed by atoms with Gasteiger partial charge < -0.3 is 14.8 Å². The minimum absolute atomic E-state index is 0.354. The summed E-state index contributed by atoms with van der Waals surface area (Å²) in [4.78, 5) is 20.0. The minimum Gasteiger partial charge on any atom is -0.473 e. The average Bonchev–Trinajstić information content (AvgIpc) is 2.91. The molecule has 6 rings (SSSR count). The number of piperidine rings is 3. The maximum Gasteiger partial charge on any atom is 0.338 e. The van der Waals surface area contributed by atoms with Gasteiger partial charge in [0.25, 0.3) is 0 Å². The van der Waals surface area contributed by atoms with Crippen molar-refractivity contribution in [3.05, 3.63) is 102 Å². The van der Waals surface area contributed by atoms with Gasteiger partial charge in [-0.2, -0.15) is 0 Å². The van der Waals surface area contributed by atoms with Crippen molar-refractivity contribution in [2.75, 3.05) is 25.0 Å². The topological polar surface area (TPSA) is 63.7 Å². The summed E-state index contributed by atoms with van der Waals surface area (Å²) in [7, 11) is 0. The average molecular weight is 456 g/mol. The van der Waals surface area contributed by atoms with Gasteiger partial charge in [0.1, 0.15) is 6.61 Å². The number of para-hydroxylation sites is 1. The van der Waals surface area contributed by atoms with Crippen LogP contribution in [0.5, 0.6) is 5.88 Å². The molecule has 34 heavy (non-hydrogen) atoms. The number of esters is 1. The number of hydrogen-bond acceptors (Lipinski definition) is 6. The molecule has 4 heterocycles. The fraction of sp³-hybridized carbons (Fsp3) is 0.286. The van der Waals surface area contributed by atoms with Crippen molar-refractivity contribution in [3.63, 3.8) is 0 Å². The Hall–Kier alpha value is -3.64. The van der Waals surface area contributed by atoms with Gasteiger partial charge in [-0.3, -0.25) is 4.90 Å². The Morgan fingerprint density at radius 3 is 2.41 bits per heavy atom. The van der Waals surface area contributed by atoms with Gasteiger partial charge in [-0.15, -0.1) is 0 Å². The van der Waals surface area contributed by atoms with Crippen molar-refractivity contribution in [3.8, 4) is 5.88 Å². The lowest BCUT2D eigenvalue weighted by molar-refractivity contribution is -0.139. The molecule has 3 fully saturated rings. The van der Waals surface area contributed by atoms with Crippen LogP contribution in [0.25, 0.3) is 0 Å². The van der Waals surface area contributed by atoms with Gasteiger partial charge in [0.2, 0.25) is 5.88 Å². The van der Waals surface area contributed by atoms with Gasteiger partial charge in [-0.1, -0.05) is 48.5 Å². The number of fused-ring (bicyclic) bond motifs is 3. The molecule has 0 spiro atoms. The van der Waals surface area contributed by atoms with Crippen LogP contribution in [-0.2, 0) is 16.1 Å². The molecule has 3 aliphatic rings. The number of nitrogens with one attached hydrogen (secondary N) is 1. The fourth-order valence-electron chi connectivity index (χ4n) is 4.54. The van der Waals surface area contributed by atoms with Crippen LogP contribution in [0.1, 0.15) is 30.0 Å². The van der Waals surface area contributed by atoms with E-state index in [0.717, 1.165) is 43.7 Å². The smallest absolute Gasteiger partial charge is 0.338 e. The molecule has 6 nitrogen and oxygen atoms in total. The Morgan fingerprint density at radius 1 is 1.03 bits per heavy atom. The van der Waals surface area contributed by atoms with Crippen molar-refractivity contribution >= 4 is 11.7 Å². The largest absolute Gasteiger partial charge is 0.473 e. The zero-order valence-electron chi connectivity index (χ0n) is 19.1. The predicted octanol–water partition coefficient (Wildman–Crippen LogP) is 4.97. The minimum atomic E-state index is -0.684. The van der Waals surface area contributed by atoms with Crippen LogP contribution < -0.4 is 10.1 Å². The lowest BCUT2D eigenvalue weighted by Gasteiger charge is -2.40. The number of pyridine rings is 1. The molecular formula is C28H29N3O3. The molecule has 0 radical (unpaired) electrons. The second-order valence-corrected chi connectivity index (χ2v) is 8.83. The van der Waals surface area contributed by atoms with E-state index in [1.807, 2.05) is 66.7 Å². The number of aromatic nitrogens is 1. The van der Waals surface area contributed by atoms with Gasteiger partial charge in [-0.05, 0) is 61.2 Å². The van der Waals surface area contributed by atoms with E-state index in [2.05, 4.69) is 15.2 Å². The number of nitrogens with zero attached hydrogens (tertiary/aromatic N) is 2. The second kappa shape index (κ2) is 10.5. The number of ether oxygens (including phenoxy) is 2. The molecule has 0 saturated carbocycles. The van der Waals surface area contributed by atoms with Crippen LogP contribution in [0.4, 0.5) is 5.69 Å². The van der Waals surface area contributed by atoms with Crippen molar-refractivity contribution in [2.24, 2.45) is 5.92 Å². The highest BCUT2D eigenvalue weighted by molar-refractivity contribution is 5.81. The third-order valence-corrected chi connectivity index (χ3v) is 6.49. The molecule has 3 aromatic rings. The highest BCUT2D eigenvalue weighted by Gasteiger charge is 2.30. The molecule has 2 bridgehead atoms. The first-order chi connectivity index (χ1) is 16.7. The van der Waals surface area contributed by atoms with Crippen LogP contribution in [-0.4, -0.2) is 35.5 Å². The van der Waals surface area contributed by atoms with E-state index < -0.39 is 6.04 Å². The van der Waals surface area contributed by atoms with E-state index in [1.54, 1.807) is 18.5 Å². The molecule has 2 aromatic carbocycles. The standard InChI is InChI=1S/C28H29N3O3/c32-28(34-20-24-18-31-15-13-22(24)14-16-31)27(30-25-9-5-2-6-10-25)23-11-12-26(29-17-23)33-19-21-7-3-1-4-8-21/h1-12,17,20,22,27,30H,13-16,18-19H2. The maximum atomic E-state index is 13.2. The van der Waals surface area contributed by atoms with Crippen LogP contribution in [0.2, 0.25) is 0 Å². The highest BCUT2D eigenvalue weighted by atomic mass is 16.5. The Balaban J connectivity index is 1.29. The first kappa shape index (κ1) is 22.2. The van der Waals surface area contributed by atoms with Crippen molar-refractivity contribution in [1.82, 2.24) is 9.88 Å². The van der Waals surface area contributed by atoms with E-state index in [-0.39, 0.29) is 5.97 Å². The predicted molar refractivity (Wildman–Crippen MR) is 131 cm³/mol. The van der Waals surface area contributed by atoms with Crippen LogP contribution in [0.15, 0.2) is 90.8 Å². The summed E-state index contributed by atoms with van der Waals surface area (Å²) in [5, 5.41) is 3.30. The molecular weight excluding hydrogens is 426 g/mol. The normalized spacial score (nSPS) is 21.1. The second-order valence-electron chi connectivity index (χ2n) is 8.83. The summed E-state index contributed by atoms with van der Waals surface area (Å²) >= 11 is 0. The molecule has 174 valence electrons. The summed E-state index contributed by atoms with van der Waals surface area (Å²) in [5.41, 5.74) is 3.84. The molecule has 6 heteroatoms. The molecule has 3 aliphatic heterocycles. The Morgan fingerprint density at radius 2 is 1.76 bits per heavy atom. The lowest BCUT2D eigenvalue weighted by Crippen LogP contribution is -2.43. The highest BCUT2D eigenvalue weighted by Crippen LogP contribution is 2.32. The third-order valence-electron chi connectivity index (χ3n) is 6.49. The summed E-state index contributed by atoms with van der Waals surface area (Å²) in [6.45, 7) is 3.60. The van der Waals surface area contributed by atoms with Crippen molar-refractivity contribution in [2.45, 2.75) is 25.5 Å². The summed E-state index contributed by atoms with van der Waals surface area (Å²) in [6, 6.07) is 22.6. The quantitative estimate of drug-likeness (QED) is 0.382. The monoisotopic (exact) mass is 455 g/mol. The van der Waals surface area contributed by atoms with E-state index in [0.29, 0.717) is 24.0 Å². The molecule has 0 aliphatic carbocycles. The molecule has 1 unspecified atom stereocenters. The molecule has 1 aromatic heterocycles. The number of benzene rings is 2. The Labute approximate surface area is 200 Å². The Kier molecular flexibility index (Phi) is 6.86. The number of hydrogen-bond donors (Lipinski definition) is 1. The first-order valence-electron chi connectivity index (χ1n) is 11.8. The van der Waals surface area contributed by atoms with Gasteiger partial charge in [0, 0.05) is 30.1 Å². The maximum absolute atomic E-state index is 13.2. The van der Waals surface area contributed by atoms with Gasteiger partial charge in [0.05, 0.1) is 6.26 Å². The van der Waals surface area contributed by atoms with E-state index in [4.69, 9.17) is 9.47 Å². The van der Waals surface area contributed by atoms with Gasteiger partial charge in [0.15, 0.2) is 6.04 Å². The van der Waals surface area contributed by atoms with E-state index >= 15 is 0 Å². The number of anilines is 1. The first-order valence-corrected chi connectivity index (χ1v) is 11.8. The Bertz CT molecular complexity index is 1110. The molecule has 1 atom stereocenters. The summed E-state index contributed by atoms with van der Waals surface area (Å²) in [5.74, 6) is 0.683. The van der Waals surface area contributed by atoms with Crippen LogP contribution in [0, 0.1) is 5.92 Å². The van der Waals surface area contributed by atoms with Crippen molar-refractivity contribution in [1.29, 1.82) is 0 Å². The fourth-order valence-corrected chi connectivity index (χ4v) is 4.54. The van der Waals surface area contributed by atoms with Crippen molar-refractivity contribution < 1.29 is 14.3 Å². The SMILES string of the molecule is O=C(OC=C1CN2CCC1CC2)C(Nc1ccccc1)c1ccc(OCc2ccccc2)nc1. The number of carbonyl (C=O) groups is 1. The van der Waals surface area contributed by atoms with Crippen LogP contribution in [0.3, 0.4) is 0 Å². The summed E-state index contributed by atoms with van der Waals surface area (Å²) in [6.07, 6.45) is 5.64. The molecule has 3 saturated heterocycles. The van der Waals surface area contributed by atoms with Crippen LogP contribution >= 0.6 is 0 Å². The number of carbonyl (C=O) groups excluding carboxylic acids is 1. The van der Waals surface area contributed by atoms with Gasteiger partial charge >= 0.3 is 5.97 Å². The summed E-state index contributed by atoms with van der Waals surface area (Å²) < 4.78 is 11.5. The molecule has 0 amide bonds. The van der Waals surface area contributed by atoms with E-state index in [9.17, 15) is 4.79 Å². The third kappa shape index (κ3) is 5.46. The number of rotatable bonds is 8. The van der Waals surface area contributed by atoms with Gasteiger partial charge in [-0.25, -0.2) is 9.78 Å². The molecule has 1 N–H and O–H groups in total. The van der Waals surface area contributed by atoms with E-state index in [1.165, 1.54) is 5.57 Å². The zero-order chi connectivity index (χ0) is 23.2. The zero-order valence-corrected chi connectivity index (χ0v) is 19.1.